The van der Waals surface area contributed by atoms with Crippen molar-refractivity contribution in [3.05, 3.63) is 0 Å². The van der Waals surface area contributed by atoms with Crippen LogP contribution in [0.3, 0.4) is 0 Å². The minimum atomic E-state index is 0.464. The number of hydrogen-bond acceptors (Lipinski definition) is 2. The van der Waals surface area contributed by atoms with E-state index in [9.17, 15) is 0 Å². The van der Waals surface area contributed by atoms with Gasteiger partial charge in [-0.1, -0.05) is 0 Å². The molecule has 1 saturated heterocycles. The molecule has 0 amide bonds. The SMILES string of the molecule is CN1CC(C2CC2)NCC1(C)C1CC1. The molecule has 2 aliphatic carbocycles. The predicted molar refractivity (Wildman–Crippen MR) is 58.3 cm³/mol. The van der Waals surface area contributed by atoms with Crippen LogP contribution in [0.1, 0.15) is 32.6 Å². The fraction of sp³-hybridized carbons (Fsp3) is 1.00. The Morgan fingerprint density at radius 3 is 2.43 bits per heavy atom. The Balaban J connectivity index is 1.67. The van der Waals surface area contributed by atoms with Crippen molar-refractivity contribution >= 4 is 0 Å². The summed E-state index contributed by atoms with van der Waals surface area (Å²) in [5.41, 5.74) is 0.464. The quantitative estimate of drug-likeness (QED) is 0.716. The van der Waals surface area contributed by atoms with Crippen LogP contribution in [-0.2, 0) is 0 Å². The number of nitrogens with one attached hydrogen (secondary N) is 1. The molecule has 1 aliphatic heterocycles. The number of hydrogen-bond donors (Lipinski definition) is 1. The zero-order valence-electron chi connectivity index (χ0n) is 9.42. The molecule has 3 aliphatic rings. The minimum Gasteiger partial charge on any atom is -0.311 e. The summed E-state index contributed by atoms with van der Waals surface area (Å²) in [6.07, 6.45) is 5.84. The van der Waals surface area contributed by atoms with Crippen LogP contribution >= 0.6 is 0 Å². The van der Waals surface area contributed by atoms with Crippen molar-refractivity contribution in [1.29, 1.82) is 0 Å². The van der Waals surface area contributed by atoms with Crippen molar-refractivity contribution in [3.63, 3.8) is 0 Å². The highest BCUT2D eigenvalue weighted by Gasteiger charge is 2.48. The first-order chi connectivity index (χ1) is 6.70. The fourth-order valence-electron chi connectivity index (χ4n) is 3.02. The molecule has 80 valence electrons. The van der Waals surface area contributed by atoms with Crippen LogP contribution in [-0.4, -0.2) is 36.6 Å². The Labute approximate surface area is 87.0 Å². The van der Waals surface area contributed by atoms with E-state index in [0.29, 0.717) is 5.54 Å². The molecule has 2 heteroatoms. The summed E-state index contributed by atoms with van der Waals surface area (Å²) in [7, 11) is 2.33. The Hall–Kier alpha value is -0.0800. The highest BCUT2D eigenvalue weighted by Crippen LogP contribution is 2.45. The molecule has 2 nitrogen and oxygen atoms in total. The van der Waals surface area contributed by atoms with Gasteiger partial charge in [0.15, 0.2) is 0 Å². The summed E-state index contributed by atoms with van der Waals surface area (Å²) in [6.45, 7) is 4.94. The Bertz CT molecular complexity index is 232. The van der Waals surface area contributed by atoms with Crippen LogP contribution in [0.5, 0.6) is 0 Å². The van der Waals surface area contributed by atoms with Gasteiger partial charge in [0.25, 0.3) is 0 Å². The first-order valence-corrected chi connectivity index (χ1v) is 6.15. The molecule has 2 unspecified atom stereocenters. The van der Waals surface area contributed by atoms with Crippen molar-refractivity contribution in [2.24, 2.45) is 11.8 Å². The second kappa shape index (κ2) is 2.96. The summed E-state index contributed by atoms with van der Waals surface area (Å²) >= 11 is 0. The highest BCUT2D eigenvalue weighted by molar-refractivity contribution is 5.05. The molecule has 0 radical (unpaired) electrons. The van der Waals surface area contributed by atoms with E-state index in [1.807, 2.05) is 0 Å². The van der Waals surface area contributed by atoms with Gasteiger partial charge in [-0.25, -0.2) is 0 Å². The number of piperazine rings is 1. The molecule has 2 saturated carbocycles. The maximum Gasteiger partial charge on any atom is 0.0331 e. The molecule has 14 heavy (non-hydrogen) atoms. The number of rotatable bonds is 2. The molecule has 1 heterocycles. The van der Waals surface area contributed by atoms with Crippen molar-refractivity contribution in [1.82, 2.24) is 10.2 Å². The van der Waals surface area contributed by atoms with Gasteiger partial charge in [0, 0.05) is 24.7 Å². The van der Waals surface area contributed by atoms with E-state index in [1.54, 1.807) is 0 Å². The molecule has 2 atom stereocenters. The van der Waals surface area contributed by atoms with Crippen LogP contribution in [0.2, 0.25) is 0 Å². The number of nitrogens with zero attached hydrogens (tertiary/aromatic N) is 1. The average Bonchev–Trinajstić information content (AvgIpc) is 3.04. The van der Waals surface area contributed by atoms with Gasteiger partial charge in [-0.15, -0.1) is 0 Å². The molecule has 3 rings (SSSR count). The van der Waals surface area contributed by atoms with E-state index in [0.717, 1.165) is 17.9 Å². The third-order valence-corrected chi connectivity index (χ3v) is 4.71. The first-order valence-electron chi connectivity index (χ1n) is 6.15. The summed E-state index contributed by atoms with van der Waals surface area (Å²) in [4.78, 5) is 2.63. The van der Waals surface area contributed by atoms with Crippen molar-refractivity contribution in [3.8, 4) is 0 Å². The smallest absolute Gasteiger partial charge is 0.0331 e. The van der Waals surface area contributed by atoms with Gasteiger partial charge >= 0.3 is 0 Å². The third-order valence-electron chi connectivity index (χ3n) is 4.71. The molecule has 0 aromatic carbocycles. The largest absolute Gasteiger partial charge is 0.311 e. The van der Waals surface area contributed by atoms with Gasteiger partial charge in [-0.2, -0.15) is 0 Å². The molecule has 3 fully saturated rings. The lowest BCUT2D eigenvalue weighted by Gasteiger charge is -2.47. The fourth-order valence-corrected chi connectivity index (χ4v) is 3.02. The summed E-state index contributed by atoms with van der Waals surface area (Å²) in [6, 6.07) is 0.798. The summed E-state index contributed by atoms with van der Waals surface area (Å²) in [5.74, 6) is 1.97. The monoisotopic (exact) mass is 194 g/mol. The van der Waals surface area contributed by atoms with Crippen molar-refractivity contribution in [2.75, 3.05) is 20.1 Å². The van der Waals surface area contributed by atoms with Crippen molar-refractivity contribution < 1.29 is 0 Å². The molecular weight excluding hydrogens is 172 g/mol. The van der Waals surface area contributed by atoms with Crippen LogP contribution in [0.25, 0.3) is 0 Å². The van der Waals surface area contributed by atoms with Crippen LogP contribution in [0, 0.1) is 11.8 Å². The number of likely N-dealkylation sites (N-methyl/N-ethyl adjacent to an activating group) is 1. The van der Waals surface area contributed by atoms with E-state index in [1.165, 1.54) is 38.8 Å². The van der Waals surface area contributed by atoms with E-state index < -0.39 is 0 Å². The summed E-state index contributed by atoms with van der Waals surface area (Å²) in [5, 5.41) is 3.78. The zero-order chi connectivity index (χ0) is 9.76. The van der Waals surface area contributed by atoms with Gasteiger partial charge in [0.05, 0.1) is 0 Å². The van der Waals surface area contributed by atoms with E-state index in [-0.39, 0.29) is 0 Å². The van der Waals surface area contributed by atoms with E-state index in [4.69, 9.17) is 0 Å². The third kappa shape index (κ3) is 1.40. The van der Waals surface area contributed by atoms with Gasteiger partial charge in [0.1, 0.15) is 0 Å². The van der Waals surface area contributed by atoms with E-state index >= 15 is 0 Å². The molecule has 1 N–H and O–H groups in total. The van der Waals surface area contributed by atoms with Crippen LogP contribution in [0.15, 0.2) is 0 Å². The standard InChI is InChI=1S/C12H22N2/c1-12(10-5-6-10)8-13-11(7-14(12)2)9-3-4-9/h9-11,13H,3-8H2,1-2H3. The van der Waals surface area contributed by atoms with E-state index in [2.05, 4.69) is 24.2 Å². The Kier molecular flexibility index (Phi) is 1.94. The predicted octanol–water partition coefficient (Wildman–Crippen LogP) is 1.47. The maximum atomic E-state index is 3.78. The van der Waals surface area contributed by atoms with Gasteiger partial charge < -0.3 is 5.32 Å². The zero-order valence-corrected chi connectivity index (χ0v) is 9.42. The van der Waals surface area contributed by atoms with Crippen LogP contribution < -0.4 is 5.32 Å². The molecule has 0 bridgehead atoms. The molecular formula is C12H22N2. The maximum absolute atomic E-state index is 3.78. The summed E-state index contributed by atoms with van der Waals surface area (Å²) < 4.78 is 0. The Morgan fingerprint density at radius 2 is 1.93 bits per heavy atom. The lowest BCUT2D eigenvalue weighted by atomic mass is 9.89. The Morgan fingerprint density at radius 1 is 1.21 bits per heavy atom. The molecule has 0 aromatic rings. The topological polar surface area (TPSA) is 15.3 Å². The molecule has 0 spiro atoms. The highest BCUT2D eigenvalue weighted by atomic mass is 15.3. The average molecular weight is 194 g/mol. The first kappa shape index (κ1) is 9.17. The van der Waals surface area contributed by atoms with Gasteiger partial charge in [-0.3, -0.25) is 4.90 Å². The van der Waals surface area contributed by atoms with Crippen LogP contribution in [0.4, 0.5) is 0 Å². The van der Waals surface area contributed by atoms with Gasteiger partial charge in [-0.05, 0) is 51.5 Å². The normalized spacial score (nSPS) is 45.4. The second-order valence-electron chi connectivity index (χ2n) is 5.84. The van der Waals surface area contributed by atoms with Crippen molar-refractivity contribution in [2.45, 2.75) is 44.2 Å². The lowest BCUT2D eigenvalue weighted by molar-refractivity contribution is 0.0552. The molecule has 0 aromatic heterocycles. The minimum absolute atomic E-state index is 0.464. The second-order valence-corrected chi connectivity index (χ2v) is 5.84. The van der Waals surface area contributed by atoms with Gasteiger partial charge in [0.2, 0.25) is 0 Å². The lowest BCUT2D eigenvalue weighted by Crippen LogP contribution is -2.63.